The molecule has 5 heteroatoms. The number of nitriles is 1. The Morgan fingerprint density at radius 1 is 1.47 bits per heavy atom. The lowest BCUT2D eigenvalue weighted by molar-refractivity contribution is -0.144. The highest BCUT2D eigenvalue weighted by atomic mass is 16.7. The molecule has 0 amide bonds. The fourth-order valence-corrected chi connectivity index (χ4v) is 1.68. The Morgan fingerprint density at radius 3 is 2.82 bits per heavy atom. The first-order valence-corrected chi connectivity index (χ1v) is 5.60. The summed E-state index contributed by atoms with van der Waals surface area (Å²) in [6.07, 6.45) is 2.31. The van der Waals surface area contributed by atoms with Crippen molar-refractivity contribution in [1.29, 1.82) is 5.26 Å². The van der Waals surface area contributed by atoms with Gasteiger partial charge in [-0.25, -0.2) is 4.98 Å². The van der Waals surface area contributed by atoms with E-state index in [2.05, 4.69) is 10.3 Å². The average Bonchev–Trinajstić information content (AvgIpc) is 2.77. The van der Waals surface area contributed by atoms with Gasteiger partial charge in [0.25, 0.3) is 0 Å². The van der Waals surface area contributed by atoms with Crippen molar-refractivity contribution in [2.45, 2.75) is 19.1 Å². The van der Waals surface area contributed by atoms with Crippen molar-refractivity contribution in [3.05, 3.63) is 23.9 Å². The third-order valence-corrected chi connectivity index (χ3v) is 2.68. The Hall–Kier alpha value is -1.64. The molecule has 0 unspecified atom stereocenters. The number of hydrogen-bond acceptors (Lipinski definition) is 5. The predicted octanol–water partition coefficient (Wildman–Crippen LogP) is 1.52. The van der Waals surface area contributed by atoms with Crippen molar-refractivity contribution < 1.29 is 9.47 Å². The number of hydrogen-bond donors (Lipinski definition) is 1. The number of pyridine rings is 1. The Labute approximate surface area is 100 Å². The molecule has 17 heavy (non-hydrogen) atoms. The van der Waals surface area contributed by atoms with E-state index >= 15 is 0 Å². The molecule has 1 aliphatic heterocycles. The lowest BCUT2D eigenvalue weighted by Gasteiger charge is -2.22. The van der Waals surface area contributed by atoms with Gasteiger partial charge in [0.15, 0.2) is 5.79 Å². The smallest absolute Gasteiger partial charge is 0.167 e. The topological polar surface area (TPSA) is 67.2 Å². The SMILES string of the molecule is CC1(CCNc2ccc(C#N)cn2)OCCO1. The van der Waals surface area contributed by atoms with Crippen molar-refractivity contribution >= 4 is 5.82 Å². The quantitative estimate of drug-likeness (QED) is 0.854. The van der Waals surface area contributed by atoms with E-state index < -0.39 is 5.79 Å². The zero-order valence-electron chi connectivity index (χ0n) is 9.77. The van der Waals surface area contributed by atoms with Crippen LogP contribution in [0.2, 0.25) is 0 Å². The summed E-state index contributed by atoms with van der Waals surface area (Å²) in [5, 5.41) is 11.8. The second-order valence-electron chi connectivity index (χ2n) is 4.05. The van der Waals surface area contributed by atoms with E-state index in [1.165, 1.54) is 0 Å². The minimum atomic E-state index is -0.473. The monoisotopic (exact) mass is 233 g/mol. The molecule has 5 nitrogen and oxygen atoms in total. The summed E-state index contributed by atoms with van der Waals surface area (Å²) in [5.41, 5.74) is 0.560. The molecule has 1 aromatic rings. The summed E-state index contributed by atoms with van der Waals surface area (Å²) in [6, 6.07) is 5.56. The number of ether oxygens (including phenoxy) is 2. The summed E-state index contributed by atoms with van der Waals surface area (Å²) >= 11 is 0. The first kappa shape index (κ1) is 11.8. The number of aromatic nitrogens is 1. The highest BCUT2D eigenvalue weighted by molar-refractivity contribution is 5.38. The molecular weight excluding hydrogens is 218 g/mol. The molecule has 1 N–H and O–H groups in total. The van der Waals surface area contributed by atoms with Crippen molar-refractivity contribution in [3.8, 4) is 6.07 Å². The van der Waals surface area contributed by atoms with Crippen LogP contribution in [0.1, 0.15) is 18.9 Å². The van der Waals surface area contributed by atoms with Gasteiger partial charge in [-0.15, -0.1) is 0 Å². The molecule has 0 saturated carbocycles. The number of nitrogens with one attached hydrogen (secondary N) is 1. The Kier molecular flexibility index (Phi) is 3.57. The highest BCUT2D eigenvalue weighted by Gasteiger charge is 2.30. The molecule has 1 saturated heterocycles. The van der Waals surface area contributed by atoms with Crippen LogP contribution in [0, 0.1) is 11.3 Å². The van der Waals surface area contributed by atoms with Crippen LogP contribution in [0.15, 0.2) is 18.3 Å². The van der Waals surface area contributed by atoms with Crippen molar-refractivity contribution in [1.82, 2.24) is 4.98 Å². The predicted molar refractivity (Wildman–Crippen MR) is 62.4 cm³/mol. The van der Waals surface area contributed by atoms with Crippen LogP contribution in [-0.4, -0.2) is 30.5 Å². The van der Waals surface area contributed by atoms with Gasteiger partial charge in [0.1, 0.15) is 11.9 Å². The molecule has 1 aliphatic rings. The van der Waals surface area contributed by atoms with Crippen LogP contribution >= 0.6 is 0 Å². The number of rotatable bonds is 4. The molecular formula is C12H15N3O2. The van der Waals surface area contributed by atoms with Gasteiger partial charge in [-0.2, -0.15) is 5.26 Å². The molecule has 1 fully saturated rings. The van der Waals surface area contributed by atoms with Crippen LogP contribution in [0.4, 0.5) is 5.82 Å². The van der Waals surface area contributed by atoms with Crippen molar-refractivity contribution in [3.63, 3.8) is 0 Å². The van der Waals surface area contributed by atoms with Crippen LogP contribution in [0.3, 0.4) is 0 Å². The molecule has 0 atom stereocenters. The van der Waals surface area contributed by atoms with Gasteiger partial charge in [0.05, 0.1) is 18.8 Å². The summed E-state index contributed by atoms with van der Waals surface area (Å²) < 4.78 is 11.0. The van der Waals surface area contributed by atoms with E-state index in [4.69, 9.17) is 14.7 Å². The molecule has 2 heterocycles. The molecule has 2 rings (SSSR count). The Morgan fingerprint density at radius 2 is 2.24 bits per heavy atom. The fraction of sp³-hybridized carbons (Fsp3) is 0.500. The van der Waals surface area contributed by atoms with E-state index in [1.54, 1.807) is 18.3 Å². The standard InChI is InChI=1S/C12H15N3O2/c1-12(16-6-7-17-12)4-5-14-11-3-2-10(8-13)9-15-11/h2-3,9H,4-7H2,1H3,(H,14,15). The second-order valence-corrected chi connectivity index (χ2v) is 4.05. The van der Waals surface area contributed by atoms with Gasteiger partial charge in [-0.1, -0.05) is 0 Å². The summed E-state index contributed by atoms with van der Waals surface area (Å²) in [4.78, 5) is 4.12. The molecule has 0 aliphatic carbocycles. The van der Waals surface area contributed by atoms with Gasteiger partial charge in [0.2, 0.25) is 0 Å². The lowest BCUT2D eigenvalue weighted by atomic mass is 10.2. The molecule has 0 spiro atoms. The van der Waals surface area contributed by atoms with Crippen LogP contribution in [0.5, 0.6) is 0 Å². The largest absolute Gasteiger partial charge is 0.370 e. The van der Waals surface area contributed by atoms with Gasteiger partial charge in [0, 0.05) is 19.2 Å². The van der Waals surface area contributed by atoms with Gasteiger partial charge >= 0.3 is 0 Å². The minimum Gasteiger partial charge on any atom is -0.370 e. The maximum Gasteiger partial charge on any atom is 0.167 e. The van der Waals surface area contributed by atoms with Crippen LogP contribution in [-0.2, 0) is 9.47 Å². The van der Waals surface area contributed by atoms with Crippen molar-refractivity contribution in [2.24, 2.45) is 0 Å². The third-order valence-electron chi connectivity index (χ3n) is 2.68. The second kappa shape index (κ2) is 5.13. The van der Waals surface area contributed by atoms with E-state index in [9.17, 15) is 0 Å². The third kappa shape index (κ3) is 3.16. The first-order valence-electron chi connectivity index (χ1n) is 5.60. The van der Waals surface area contributed by atoms with E-state index in [-0.39, 0.29) is 0 Å². The van der Waals surface area contributed by atoms with Gasteiger partial charge in [-0.3, -0.25) is 0 Å². The van der Waals surface area contributed by atoms with E-state index in [0.29, 0.717) is 18.8 Å². The molecule has 0 radical (unpaired) electrons. The van der Waals surface area contributed by atoms with Crippen LogP contribution in [0.25, 0.3) is 0 Å². The molecule has 90 valence electrons. The summed E-state index contributed by atoms with van der Waals surface area (Å²) in [5.74, 6) is 0.283. The van der Waals surface area contributed by atoms with Crippen LogP contribution < -0.4 is 5.32 Å². The summed E-state index contributed by atoms with van der Waals surface area (Å²) in [6.45, 7) is 3.97. The fourth-order valence-electron chi connectivity index (χ4n) is 1.68. The van der Waals surface area contributed by atoms with Gasteiger partial charge < -0.3 is 14.8 Å². The molecule has 0 bridgehead atoms. The summed E-state index contributed by atoms with van der Waals surface area (Å²) in [7, 11) is 0. The van der Waals surface area contributed by atoms with E-state index in [0.717, 1.165) is 18.8 Å². The number of nitrogens with zero attached hydrogens (tertiary/aromatic N) is 2. The minimum absolute atomic E-state index is 0.473. The number of anilines is 1. The Bertz CT molecular complexity index is 405. The maximum absolute atomic E-state index is 8.64. The maximum atomic E-state index is 8.64. The van der Waals surface area contributed by atoms with E-state index in [1.807, 2.05) is 13.0 Å². The van der Waals surface area contributed by atoms with Gasteiger partial charge in [-0.05, 0) is 19.1 Å². The molecule has 1 aromatic heterocycles. The first-order chi connectivity index (χ1) is 8.22. The van der Waals surface area contributed by atoms with Crippen molar-refractivity contribution in [2.75, 3.05) is 25.1 Å². The zero-order chi connectivity index (χ0) is 12.1. The lowest BCUT2D eigenvalue weighted by Crippen LogP contribution is -2.28. The molecule has 0 aromatic carbocycles. The Balaban J connectivity index is 1.80. The zero-order valence-corrected chi connectivity index (χ0v) is 9.77. The average molecular weight is 233 g/mol. The highest BCUT2D eigenvalue weighted by Crippen LogP contribution is 2.22. The normalized spacial score (nSPS) is 17.6.